The van der Waals surface area contributed by atoms with Crippen molar-refractivity contribution in [3.05, 3.63) is 35.9 Å². The van der Waals surface area contributed by atoms with Gasteiger partial charge < -0.3 is 15.0 Å². The van der Waals surface area contributed by atoms with Gasteiger partial charge >= 0.3 is 6.09 Å². The number of carbonyl (C=O) groups excluding carboxylic acids is 2. The van der Waals surface area contributed by atoms with Crippen LogP contribution in [0.1, 0.15) is 37.7 Å². The van der Waals surface area contributed by atoms with Gasteiger partial charge in [-0.25, -0.2) is 4.79 Å². The molecule has 1 aromatic carbocycles. The molecule has 0 radical (unpaired) electrons. The third-order valence-corrected chi connectivity index (χ3v) is 5.22. The first-order valence-corrected chi connectivity index (χ1v) is 9.69. The van der Waals surface area contributed by atoms with Gasteiger partial charge in [0.1, 0.15) is 6.61 Å². The molecule has 1 unspecified atom stereocenters. The van der Waals surface area contributed by atoms with Crippen molar-refractivity contribution in [1.29, 1.82) is 0 Å². The zero-order valence-corrected chi connectivity index (χ0v) is 15.4. The second-order valence-electron chi connectivity index (χ2n) is 7.12. The summed E-state index contributed by atoms with van der Waals surface area (Å²) >= 11 is 0. The van der Waals surface area contributed by atoms with Crippen LogP contribution in [0.3, 0.4) is 0 Å². The maximum atomic E-state index is 12.3. The van der Waals surface area contributed by atoms with E-state index in [1.807, 2.05) is 35.2 Å². The molecule has 0 bridgehead atoms. The Morgan fingerprint density at radius 3 is 2.65 bits per heavy atom. The van der Waals surface area contributed by atoms with Crippen molar-refractivity contribution in [1.82, 2.24) is 15.1 Å². The van der Waals surface area contributed by atoms with E-state index in [0.29, 0.717) is 25.4 Å². The van der Waals surface area contributed by atoms with Gasteiger partial charge in [-0.3, -0.25) is 9.69 Å². The summed E-state index contributed by atoms with van der Waals surface area (Å²) in [7, 11) is 0. The van der Waals surface area contributed by atoms with Crippen LogP contribution in [-0.2, 0) is 16.1 Å². The fourth-order valence-electron chi connectivity index (χ4n) is 3.74. The molecule has 26 heavy (non-hydrogen) atoms. The largest absolute Gasteiger partial charge is 0.445 e. The lowest BCUT2D eigenvalue weighted by Crippen LogP contribution is -2.37. The molecule has 2 heterocycles. The van der Waals surface area contributed by atoms with Crippen molar-refractivity contribution in [3.63, 3.8) is 0 Å². The molecule has 0 saturated carbocycles. The van der Waals surface area contributed by atoms with E-state index in [1.165, 1.54) is 25.9 Å². The first-order valence-electron chi connectivity index (χ1n) is 9.69. The molecule has 0 aliphatic carbocycles. The van der Waals surface area contributed by atoms with Crippen LogP contribution in [0.5, 0.6) is 0 Å². The second kappa shape index (κ2) is 9.57. The van der Waals surface area contributed by atoms with Gasteiger partial charge in [0.2, 0.25) is 5.91 Å². The highest BCUT2D eigenvalue weighted by molar-refractivity contribution is 5.76. The van der Waals surface area contributed by atoms with E-state index in [4.69, 9.17) is 4.74 Å². The Balaban J connectivity index is 1.26. The number of rotatable bonds is 7. The Morgan fingerprint density at radius 2 is 1.88 bits per heavy atom. The van der Waals surface area contributed by atoms with Gasteiger partial charge in [0.05, 0.1) is 0 Å². The van der Waals surface area contributed by atoms with Crippen LogP contribution in [0.2, 0.25) is 0 Å². The Kier molecular flexibility index (Phi) is 6.89. The fraction of sp³-hybridized carbons (Fsp3) is 0.600. The predicted octanol–water partition coefficient (Wildman–Crippen LogP) is 2.39. The molecule has 6 nitrogen and oxygen atoms in total. The first kappa shape index (κ1) is 18.7. The standard InChI is InChI=1S/C20H29N3O3/c24-19(23-14-10-18(15-23)22-12-4-5-13-22)9-6-11-21-20(25)26-16-17-7-2-1-3-8-17/h1-3,7-8,18H,4-6,9-16H2,(H,21,25). The number of amides is 2. The molecule has 0 spiro atoms. The molecule has 0 aromatic heterocycles. The van der Waals surface area contributed by atoms with Crippen LogP contribution in [0, 0.1) is 0 Å². The Bertz CT molecular complexity index is 587. The molecule has 6 heteroatoms. The highest BCUT2D eigenvalue weighted by Gasteiger charge is 2.31. The minimum atomic E-state index is -0.434. The highest BCUT2D eigenvalue weighted by Crippen LogP contribution is 2.21. The minimum absolute atomic E-state index is 0.200. The Hall–Kier alpha value is -2.08. The topological polar surface area (TPSA) is 61.9 Å². The molecule has 2 aliphatic heterocycles. The predicted molar refractivity (Wildman–Crippen MR) is 99.7 cm³/mol. The number of nitrogens with one attached hydrogen (secondary N) is 1. The number of likely N-dealkylation sites (tertiary alicyclic amines) is 2. The molecular weight excluding hydrogens is 330 g/mol. The van der Waals surface area contributed by atoms with E-state index in [1.54, 1.807) is 0 Å². The van der Waals surface area contributed by atoms with Crippen molar-refractivity contribution in [2.75, 3.05) is 32.7 Å². The maximum Gasteiger partial charge on any atom is 0.407 e. The molecule has 2 amide bonds. The lowest BCUT2D eigenvalue weighted by atomic mass is 10.2. The SMILES string of the molecule is O=C(NCCCC(=O)N1CCC(N2CCCC2)C1)OCc1ccccc1. The van der Waals surface area contributed by atoms with E-state index in [-0.39, 0.29) is 12.5 Å². The van der Waals surface area contributed by atoms with Gasteiger partial charge in [-0.15, -0.1) is 0 Å². The normalized spacial score (nSPS) is 20.3. The van der Waals surface area contributed by atoms with Gasteiger partial charge in [-0.1, -0.05) is 30.3 Å². The summed E-state index contributed by atoms with van der Waals surface area (Å²) in [5, 5.41) is 2.71. The molecule has 2 saturated heterocycles. The zero-order chi connectivity index (χ0) is 18.2. The molecule has 1 N–H and O–H groups in total. The quantitative estimate of drug-likeness (QED) is 0.760. The molecular formula is C20H29N3O3. The number of hydrogen-bond donors (Lipinski definition) is 1. The van der Waals surface area contributed by atoms with Crippen LogP contribution in [0.15, 0.2) is 30.3 Å². The third-order valence-electron chi connectivity index (χ3n) is 5.22. The summed E-state index contributed by atoms with van der Waals surface area (Å²) < 4.78 is 5.16. The van der Waals surface area contributed by atoms with Crippen LogP contribution >= 0.6 is 0 Å². The molecule has 1 atom stereocenters. The van der Waals surface area contributed by atoms with E-state index in [9.17, 15) is 9.59 Å². The van der Waals surface area contributed by atoms with E-state index in [0.717, 1.165) is 25.1 Å². The van der Waals surface area contributed by atoms with Crippen molar-refractivity contribution in [3.8, 4) is 0 Å². The van der Waals surface area contributed by atoms with Crippen molar-refractivity contribution in [2.24, 2.45) is 0 Å². The maximum absolute atomic E-state index is 12.3. The molecule has 2 fully saturated rings. The van der Waals surface area contributed by atoms with E-state index >= 15 is 0 Å². The van der Waals surface area contributed by atoms with Crippen LogP contribution in [-0.4, -0.2) is 60.6 Å². The number of carbonyl (C=O) groups is 2. The third kappa shape index (κ3) is 5.46. The monoisotopic (exact) mass is 359 g/mol. The highest BCUT2D eigenvalue weighted by atomic mass is 16.5. The summed E-state index contributed by atoms with van der Waals surface area (Å²) in [6.07, 6.45) is 4.36. The van der Waals surface area contributed by atoms with Gasteiger partial charge in [-0.05, 0) is 44.3 Å². The molecule has 142 valence electrons. The number of hydrogen-bond acceptors (Lipinski definition) is 4. The van der Waals surface area contributed by atoms with Gasteiger partial charge in [-0.2, -0.15) is 0 Å². The van der Waals surface area contributed by atoms with Crippen molar-refractivity contribution < 1.29 is 14.3 Å². The fourth-order valence-corrected chi connectivity index (χ4v) is 3.74. The Morgan fingerprint density at radius 1 is 1.12 bits per heavy atom. The summed E-state index contributed by atoms with van der Waals surface area (Å²) in [5.41, 5.74) is 0.958. The molecule has 2 aliphatic rings. The van der Waals surface area contributed by atoms with E-state index in [2.05, 4.69) is 10.2 Å². The van der Waals surface area contributed by atoms with Crippen LogP contribution in [0.25, 0.3) is 0 Å². The average Bonchev–Trinajstić information content (AvgIpc) is 3.35. The minimum Gasteiger partial charge on any atom is -0.445 e. The molecule has 3 rings (SSSR count). The second-order valence-corrected chi connectivity index (χ2v) is 7.12. The Labute approximate surface area is 155 Å². The van der Waals surface area contributed by atoms with Crippen molar-refractivity contribution in [2.45, 2.75) is 44.8 Å². The van der Waals surface area contributed by atoms with Crippen LogP contribution in [0.4, 0.5) is 4.79 Å². The lowest BCUT2D eigenvalue weighted by Gasteiger charge is -2.23. The van der Waals surface area contributed by atoms with E-state index < -0.39 is 6.09 Å². The number of ether oxygens (including phenoxy) is 1. The van der Waals surface area contributed by atoms with Crippen molar-refractivity contribution >= 4 is 12.0 Å². The van der Waals surface area contributed by atoms with Gasteiger partial charge in [0, 0.05) is 32.1 Å². The summed E-state index contributed by atoms with van der Waals surface area (Å²) in [5.74, 6) is 0.200. The smallest absolute Gasteiger partial charge is 0.407 e. The average molecular weight is 359 g/mol. The number of alkyl carbamates (subject to hydrolysis) is 1. The summed E-state index contributed by atoms with van der Waals surface area (Å²) in [4.78, 5) is 28.5. The molecule has 1 aromatic rings. The van der Waals surface area contributed by atoms with Gasteiger partial charge in [0.25, 0.3) is 0 Å². The van der Waals surface area contributed by atoms with Crippen LogP contribution < -0.4 is 5.32 Å². The zero-order valence-electron chi connectivity index (χ0n) is 15.4. The van der Waals surface area contributed by atoms with Gasteiger partial charge in [0.15, 0.2) is 0 Å². The summed E-state index contributed by atoms with van der Waals surface area (Å²) in [6.45, 7) is 4.82. The number of benzene rings is 1. The number of nitrogens with zero attached hydrogens (tertiary/aromatic N) is 2. The lowest BCUT2D eigenvalue weighted by molar-refractivity contribution is -0.130. The first-order chi connectivity index (χ1) is 12.7. The summed E-state index contributed by atoms with van der Waals surface area (Å²) in [6, 6.07) is 10.1.